The van der Waals surface area contributed by atoms with E-state index in [0.717, 1.165) is 70.2 Å². The molecule has 1 unspecified atom stereocenters. The van der Waals surface area contributed by atoms with Gasteiger partial charge in [0.1, 0.15) is 6.10 Å². The van der Waals surface area contributed by atoms with Crippen LogP contribution >= 0.6 is 12.4 Å². The van der Waals surface area contributed by atoms with Crippen LogP contribution in [-0.2, 0) is 4.84 Å². The van der Waals surface area contributed by atoms with Crippen molar-refractivity contribution in [1.29, 1.82) is 0 Å². The third kappa shape index (κ3) is 3.86. The second kappa shape index (κ2) is 9.48. The van der Waals surface area contributed by atoms with Gasteiger partial charge in [-0.1, -0.05) is 32.9 Å². The Labute approximate surface area is 211 Å². The zero-order chi connectivity index (χ0) is 23.6. The van der Waals surface area contributed by atoms with Gasteiger partial charge < -0.3 is 25.5 Å². The minimum absolute atomic E-state index is 0. The predicted molar refractivity (Wildman–Crippen MR) is 136 cm³/mol. The molecule has 1 saturated heterocycles. The lowest BCUT2D eigenvalue weighted by Crippen LogP contribution is -2.66. The molecular weight excluding hydrogens is 452 g/mol. The smallest absolute Gasteiger partial charge is 0.130 e. The fraction of sp³-hybridized carbons (Fsp3) is 0.963. The highest BCUT2D eigenvalue weighted by Gasteiger charge is 2.67. The molecule has 7 heteroatoms. The number of hydrogen-bond acceptors (Lipinski definition) is 6. The van der Waals surface area contributed by atoms with Crippen molar-refractivity contribution >= 4 is 18.1 Å². The van der Waals surface area contributed by atoms with E-state index >= 15 is 0 Å². The van der Waals surface area contributed by atoms with Gasteiger partial charge in [0.2, 0.25) is 0 Å². The van der Waals surface area contributed by atoms with Crippen LogP contribution < -0.4 is 5.32 Å². The Morgan fingerprint density at radius 3 is 2.29 bits per heavy atom. The molecule has 0 radical (unpaired) electrons. The first-order valence-electron chi connectivity index (χ1n) is 13.6. The molecule has 4 saturated carbocycles. The average Bonchev–Trinajstić information content (AvgIpc) is 3.09. The molecule has 0 aromatic heterocycles. The van der Waals surface area contributed by atoms with Gasteiger partial charge >= 0.3 is 0 Å². The topological polar surface area (TPSA) is 94.3 Å². The summed E-state index contributed by atoms with van der Waals surface area (Å²) in [5.41, 5.74) is 0.813. The quantitative estimate of drug-likeness (QED) is 0.444. The second-order valence-corrected chi connectivity index (χ2v) is 13.1. The zero-order valence-electron chi connectivity index (χ0n) is 21.5. The summed E-state index contributed by atoms with van der Waals surface area (Å²) in [6.07, 6.45) is 7.27. The molecular formula is C27H47ClN2O4. The first kappa shape index (κ1) is 26.7. The fourth-order valence-electron chi connectivity index (χ4n) is 9.62. The summed E-state index contributed by atoms with van der Waals surface area (Å²) < 4.78 is 0. The number of hydrogen-bond donors (Lipinski definition) is 4. The SMILES string of the molecule is CC1(C)/C(=N\OC2CCNCC2)CC[C@@]2(C)C1[C@@H](CO)[C@@H](O)[C@H]1[C@@H]3CC[C@H](O)[C@@]3(C)CC[C@@H]12.Cl. The van der Waals surface area contributed by atoms with Crippen molar-refractivity contribution in [2.75, 3.05) is 19.7 Å². The van der Waals surface area contributed by atoms with Crippen LogP contribution in [0.1, 0.15) is 79.1 Å². The molecule has 0 aromatic rings. The van der Waals surface area contributed by atoms with E-state index in [1.807, 2.05) is 0 Å². The maximum absolute atomic E-state index is 11.8. The molecule has 0 bridgehead atoms. The summed E-state index contributed by atoms with van der Waals surface area (Å²) in [5.74, 6) is 0.922. The Balaban J connectivity index is 0.00000274. The van der Waals surface area contributed by atoms with Gasteiger partial charge in [0.25, 0.3) is 0 Å². The van der Waals surface area contributed by atoms with Crippen molar-refractivity contribution in [3.63, 3.8) is 0 Å². The zero-order valence-corrected chi connectivity index (χ0v) is 22.3. The maximum Gasteiger partial charge on any atom is 0.130 e. The third-order valence-electron chi connectivity index (χ3n) is 11.3. The second-order valence-electron chi connectivity index (χ2n) is 13.1. The van der Waals surface area contributed by atoms with Gasteiger partial charge in [-0.3, -0.25) is 0 Å². The molecule has 0 amide bonds. The van der Waals surface area contributed by atoms with Gasteiger partial charge in [-0.05, 0) is 99.0 Å². The number of piperidine rings is 1. The largest absolute Gasteiger partial charge is 0.396 e. The summed E-state index contributed by atoms with van der Waals surface area (Å²) in [7, 11) is 0. The third-order valence-corrected chi connectivity index (χ3v) is 11.3. The van der Waals surface area contributed by atoms with Crippen LogP contribution in [0.5, 0.6) is 0 Å². The molecule has 4 aliphatic carbocycles. The number of rotatable bonds is 3. The summed E-state index contributed by atoms with van der Waals surface area (Å²) in [6, 6.07) is 0. The fourth-order valence-corrected chi connectivity index (χ4v) is 9.62. The van der Waals surface area contributed by atoms with Gasteiger partial charge in [-0.25, -0.2) is 0 Å². The summed E-state index contributed by atoms with van der Waals surface area (Å²) in [5, 5.41) is 41.3. The van der Waals surface area contributed by atoms with Crippen molar-refractivity contribution < 1.29 is 20.2 Å². The van der Waals surface area contributed by atoms with Gasteiger partial charge in [-0.2, -0.15) is 0 Å². The number of aliphatic hydroxyl groups excluding tert-OH is 3. The first-order valence-corrected chi connectivity index (χ1v) is 13.6. The van der Waals surface area contributed by atoms with Crippen molar-refractivity contribution in [2.45, 2.75) is 97.4 Å². The van der Waals surface area contributed by atoms with Crippen molar-refractivity contribution in [1.82, 2.24) is 5.32 Å². The van der Waals surface area contributed by atoms with Crippen LogP contribution in [-0.4, -0.2) is 59.0 Å². The molecule has 34 heavy (non-hydrogen) atoms. The predicted octanol–water partition coefficient (Wildman–Crippen LogP) is 3.76. The molecule has 4 N–H and O–H groups in total. The van der Waals surface area contributed by atoms with Crippen LogP contribution in [0.3, 0.4) is 0 Å². The average molecular weight is 499 g/mol. The molecule has 5 rings (SSSR count). The maximum atomic E-state index is 11.8. The number of nitrogens with one attached hydrogen (secondary N) is 1. The number of halogens is 1. The molecule has 1 heterocycles. The minimum atomic E-state index is -0.531. The standard InChI is InChI=1S/C27H46N2O4.ClH/c1-25(2)20(29-33-16-9-13-28-14-10-16)8-12-27(4)19-7-11-26(3)18(5-6-21(26)31)22(19)23(32)17(15-30)24(25)27;/h16-19,21-24,28,30-32H,5-15H2,1-4H3;1H/b29-20-;/t17-,18-,19-,21-,22-,23+,24?,26-,27+;/m0./s1. The minimum Gasteiger partial charge on any atom is -0.396 e. The molecule has 6 nitrogen and oxygen atoms in total. The lowest BCUT2D eigenvalue weighted by molar-refractivity contribution is -0.213. The molecule has 196 valence electrons. The van der Waals surface area contributed by atoms with E-state index in [2.05, 4.69) is 33.0 Å². The number of fused-ring (bicyclic) bond motifs is 5. The van der Waals surface area contributed by atoms with E-state index in [9.17, 15) is 15.3 Å². The van der Waals surface area contributed by atoms with Crippen LogP contribution in [0.2, 0.25) is 0 Å². The van der Waals surface area contributed by atoms with Crippen molar-refractivity contribution in [3.8, 4) is 0 Å². The molecule has 5 fully saturated rings. The highest BCUT2D eigenvalue weighted by atomic mass is 35.5. The van der Waals surface area contributed by atoms with Crippen LogP contribution in [0.25, 0.3) is 0 Å². The van der Waals surface area contributed by atoms with E-state index in [1.54, 1.807) is 0 Å². The Kier molecular flexibility index (Phi) is 7.43. The number of oxime groups is 1. The summed E-state index contributed by atoms with van der Waals surface area (Å²) >= 11 is 0. The van der Waals surface area contributed by atoms with E-state index in [-0.39, 0.29) is 65.2 Å². The number of aliphatic hydroxyl groups is 3. The number of nitrogens with zero attached hydrogens (tertiary/aromatic N) is 1. The molecule has 0 spiro atoms. The molecule has 1 aliphatic heterocycles. The Morgan fingerprint density at radius 2 is 1.62 bits per heavy atom. The molecule has 0 aromatic carbocycles. The highest BCUT2D eigenvalue weighted by molar-refractivity contribution is 5.90. The monoisotopic (exact) mass is 498 g/mol. The lowest BCUT2D eigenvalue weighted by Gasteiger charge is -2.67. The van der Waals surface area contributed by atoms with Gasteiger partial charge in [-0.15, -0.1) is 12.4 Å². The Morgan fingerprint density at radius 1 is 0.941 bits per heavy atom. The van der Waals surface area contributed by atoms with Crippen LogP contribution in [0.15, 0.2) is 5.16 Å². The molecule has 5 aliphatic rings. The summed E-state index contributed by atoms with van der Waals surface area (Å²) in [4.78, 5) is 6.05. The van der Waals surface area contributed by atoms with Crippen LogP contribution in [0, 0.1) is 45.8 Å². The van der Waals surface area contributed by atoms with Crippen molar-refractivity contribution in [2.24, 2.45) is 51.0 Å². The van der Waals surface area contributed by atoms with Gasteiger partial charge in [0, 0.05) is 17.9 Å². The van der Waals surface area contributed by atoms with E-state index < -0.39 is 6.10 Å². The Hall–Kier alpha value is -0.400. The van der Waals surface area contributed by atoms with E-state index in [1.165, 1.54) is 0 Å². The molecule has 9 atom stereocenters. The highest BCUT2D eigenvalue weighted by Crippen LogP contribution is 2.69. The first-order chi connectivity index (χ1) is 15.6. The van der Waals surface area contributed by atoms with Crippen molar-refractivity contribution in [3.05, 3.63) is 0 Å². The van der Waals surface area contributed by atoms with Gasteiger partial charge in [0.05, 0.1) is 17.9 Å². The van der Waals surface area contributed by atoms with E-state index in [4.69, 9.17) is 9.99 Å². The van der Waals surface area contributed by atoms with E-state index in [0.29, 0.717) is 11.8 Å². The van der Waals surface area contributed by atoms with Crippen LogP contribution in [0.4, 0.5) is 0 Å². The van der Waals surface area contributed by atoms with Gasteiger partial charge in [0.15, 0.2) is 0 Å². The Bertz CT molecular complexity index is 772. The summed E-state index contributed by atoms with van der Waals surface area (Å²) in [6.45, 7) is 11.2. The lowest BCUT2D eigenvalue weighted by atomic mass is 9.38. The normalized spacial score (nSPS) is 49.5.